The molecule has 0 saturated carbocycles. The normalized spacial score (nSPS) is 11.5. The van der Waals surface area contributed by atoms with Crippen LogP contribution < -0.4 is 10.0 Å². The highest BCUT2D eigenvalue weighted by Crippen LogP contribution is 2.17. The maximum Gasteiger partial charge on any atom is 0.234 e. The first kappa shape index (κ1) is 14.8. The monoisotopic (exact) mass is 278 g/mol. The Balaban J connectivity index is 2.62. The summed E-state index contributed by atoms with van der Waals surface area (Å²) in [7, 11) is -3.67. The van der Waals surface area contributed by atoms with Gasteiger partial charge in [-0.15, -0.1) is 0 Å². The van der Waals surface area contributed by atoms with Gasteiger partial charge < -0.3 is 5.32 Å². The van der Waals surface area contributed by atoms with Gasteiger partial charge in [-0.3, -0.25) is 4.72 Å². The Labute approximate surface area is 105 Å². The maximum absolute atomic E-state index is 13.3. The lowest BCUT2D eigenvalue weighted by Crippen LogP contribution is -2.27. The molecular formula is C11H16F2N2O2S. The van der Waals surface area contributed by atoms with Crippen molar-refractivity contribution in [3.8, 4) is 0 Å². The van der Waals surface area contributed by atoms with Crippen molar-refractivity contribution in [2.75, 3.05) is 23.6 Å². The zero-order valence-electron chi connectivity index (χ0n) is 10.0. The molecule has 0 aliphatic rings. The standard InChI is InChI=1S/C11H16F2N2O2S/c1-2-6-14-7-8-18(16,17)15-10-5-3-4-9(12)11(10)13/h3-5,14-15H,2,6-8H2,1H3. The molecule has 7 heteroatoms. The third-order valence-electron chi connectivity index (χ3n) is 2.19. The summed E-state index contributed by atoms with van der Waals surface area (Å²) in [5, 5.41) is 2.92. The van der Waals surface area contributed by atoms with Crippen molar-refractivity contribution in [1.82, 2.24) is 5.32 Å². The summed E-state index contributed by atoms with van der Waals surface area (Å²) in [5.41, 5.74) is -0.370. The smallest absolute Gasteiger partial charge is 0.234 e. The zero-order chi connectivity index (χ0) is 13.6. The molecule has 0 amide bonds. The van der Waals surface area contributed by atoms with Crippen LogP contribution in [0.1, 0.15) is 13.3 Å². The van der Waals surface area contributed by atoms with Crippen LogP contribution in [0.4, 0.5) is 14.5 Å². The Morgan fingerprint density at radius 3 is 2.61 bits per heavy atom. The van der Waals surface area contributed by atoms with Crippen LogP contribution in [-0.2, 0) is 10.0 Å². The van der Waals surface area contributed by atoms with E-state index in [0.29, 0.717) is 6.54 Å². The van der Waals surface area contributed by atoms with Gasteiger partial charge in [0.15, 0.2) is 11.6 Å². The minimum Gasteiger partial charge on any atom is -0.316 e. The topological polar surface area (TPSA) is 58.2 Å². The largest absolute Gasteiger partial charge is 0.316 e. The number of halogens is 2. The van der Waals surface area contributed by atoms with Gasteiger partial charge in [0.05, 0.1) is 11.4 Å². The molecular weight excluding hydrogens is 262 g/mol. The summed E-state index contributed by atoms with van der Waals surface area (Å²) in [4.78, 5) is 0. The quantitative estimate of drug-likeness (QED) is 0.746. The lowest BCUT2D eigenvalue weighted by Gasteiger charge is -2.09. The van der Waals surface area contributed by atoms with Gasteiger partial charge in [0.2, 0.25) is 10.0 Å². The van der Waals surface area contributed by atoms with E-state index in [1.54, 1.807) is 0 Å². The van der Waals surface area contributed by atoms with E-state index in [4.69, 9.17) is 0 Å². The van der Waals surface area contributed by atoms with Gasteiger partial charge in [-0.05, 0) is 25.1 Å². The van der Waals surface area contributed by atoms with Crippen LogP contribution in [0.2, 0.25) is 0 Å². The molecule has 0 fully saturated rings. The summed E-state index contributed by atoms with van der Waals surface area (Å²) < 4.78 is 51.3. The molecule has 0 aliphatic heterocycles. The number of sulfonamides is 1. The highest BCUT2D eigenvalue weighted by Gasteiger charge is 2.14. The van der Waals surface area contributed by atoms with E-state index in [1.807, 2.05) is 11.6 Å². The molecule has 18 heavy (non-hydrogen) atoms. The van der Waals surface area contributed by atoms with Crippen LogP contribution in [0.5, 0.6) is 0 Å². The Morgan fingerprint density at radius 1 is 1.22 bits per heavy atom. The van der Waals surface area contributed by atoms with Crippen molar-refractivity contribution in [1.29, 1.82) is 0 Å². The SMILES string of the molecule is CCCNCCS(=O)(=O)Nc1cccc(F)c1F. The fraction of sp³-hybridized carbons (Fsp3) is 0.455. The average molecular weight is 278 g/mol. The Morgan fingerprint density at radius 2 is 1.94 bits per heavy atom. The van der Waals surface area contributed by atoms with Crippen LogP contribution in [0.15, 0.2) is 18.2 Å². The molecule has 102 valence electrons. The lowest BCUT2D eigenvalue weighted by molar-refractivity contribution is 0.511. The minimum atomic E-state index is -3.67. The van der Waals surface area contributed by atoms with E-state index in [1.165, 1.54) is 12.1 Å². The molecule has 0 radical (unpaired) electrons. The number of nitrogens with one attached hydrogen (secondary N) is 2. The zero-order valence-corrected chi connectivity index (χ0v) is 10.9. The summed E-state index contributed by atoms with van der Waals surface area (Å²) in [6.07, 6.45) is 0.895. The van der Waals surface area contributed by atoms with E-state index in [2.05, 4.69) is 5.32 Å². The molecule has 0 aromatic heterocycles. The lowest BCUT2D eigenvalue weighted by atomic mass is 10.3. The number of hydrogen-bond donors (Lipinski definition) is 2. The molecule has 0 saturated heterocycles. The molecule has 4 nitrogen and oxygen atoms in total. The van der Waals surface area contributed by atoms with E-state index in [-0.39, 0.29) is 18.0 Å². The van der Waals surface area contributed by atoms with Gasteiger partial charge in [0, 0.05) is 6.54 Å². The van der Waals surface area contributed by atoms with Crippen LogP contribution in [0.3, 0.4) is 0 Å². The second-order valence-electron chi connectivity index (χ2n) is 3.77. The first-order valence-corrected chi connectivity index (χ1v) is 7.26. The third kappa shape index (κ3) is 4.58. The van der Waals surface area contributed by atoms with E-state index in [9.17, 15) is 17.2 Å². The van der Waals surface area contributed by atoms with Crippen molar-refractivity contribution in [3.05, 3.63) is 29.8 Å². The molecule has 1 aromatic carbocycles. The molecule has 0 aliphatic carbocycles. The predicted octanol–water partition coefficient (Wildman–Crippen LogP) is 1.71. The molecule has 0 spiro atoms. The summed E-state index contributed by atoms with van der Waals surface area (Å²) in [6.45, 7) is 2.94. The Hall–Kier alpha value is -1.21. The van der Waals surface area contributed by atoms with E-state index < -0.39 is 21.7 Å². The number of hydrogen-bond acceptors (Lipinski definition) is 3. The van der Waals surface area contributed by atoms with Crippen LogP contribution in [-0.4, -0.2) is 27.3 Å². The highest BCUT2D eigenvalue weighted by atomic mass is 32.2. The fourth-order valence-electron chi connectivity index (χ4n) is 1.31. The third-order valence-corrected chi connectivity index (χ3v) is 3.46. The van der Waals surface area contributed by atoms with E-state index in [0.717, 1.165) is 12.5 Å². The Kier molecular flexibility index (Phi) is 5.49. The van der Waals surface area contributed by atoms with Crippen molar-refractivity contribution in [2.45, 2.75) is 13.3 Å². The van der Waals surface area contributed by atoms with Gasteiger partial charge >= 0.3 is 0 Å². The second-order valence-corrected chi connectivity index (χ2v) is 5.61. The van der Waals surface area contributed by atoms with Crippen molar-refractivity contribution in [2.24, 2.45) is 0 Å². The molecule has 0 bridgehead atoms. The second kappa shape index (κ2) is 6.65. The highest BCUT2D eigenvalue weighted by molar-refractivity contribution is 7.92. The van der Waals surface area contributed by atoms with Gasteiger partial charge in [0.25, 0.3) is 0 Å². The molecule has 1 rings (SSSR count). The molecule has 0 unspecified atom stereocenters. The molecule has 0 atom stereocenters. The summed E-state index contributed by atoms with van der Waals surface area (Å²) in [5.74, 6) is -2.47. The van der Waals surface area contributed by atoms with E-state index >= 15 is 0 Å². The first-order chi connectivity index (χ1) is 8.46. The average Bonchev–Trinajstić information content (AvgIpc) is 2.31. The van der Waals surface area contributed by atoms with Crippen LogP contribution in [0, 0.1) is 11.6 Å². The number of benzene rings is 1. The molecule has 0 heterocycles. The van der Waals surface area contributed by atoms with Crippen molar-refractivity contribution in [3.63, 3.8) is 0 Å². The van der Waals surface area contributed by atoms with Crippen LogP contribution in [0.25, 0.3) is 0 Å². The summed E-state index contributed by atoms with van der Waals surface area (Å²) in [6, 6.07) is 3.34. The van der Waals surface area contributed by atoms with Gasteiger partial charge in [-0.1, -0.05) is 13.0 Å². The van der Waals surface area contributed by atoms with Gasteiger partial charge in [-0.2, -0.15) is 0 Å². The molecule has 1 aromatic rings. The fourth-order valence-corrected chi connectivity index (χ4v) is 2.32. The van der Waals surface area contributed by atoms with Gasteiger partial charge in [-0.25, -0.2) is 17.2 Å². The first-order valence-electron chi connectivity index (χ1n) is 5.61. The minimum absolute atomic E-state index is 0.192. The van der Waals surface area contributed by atoms with Crippen molar-refractivity contribution >= 4 is 15.7 Å². The summed E-state index contributed by atoms with van der Waals surface area (Å²) >= 11 is 0. The van der Waals surface area contributed by atoms with Crippen LogP contribution >= 0.6 is 0 Å². The molecule has 2 N–H and O–H groups in total. The predicted molar refractivity (Wildman–Crippen MR) is 66.9 cm³/mol. The van der Waals surface area contributed by atoms with Crippen molar-refractivity contribution < 1.29 is 17.2 Å². The number of anilines is 1. The Bertz CT molecular complexity index is 492. The van der Waals surface area contributed by atoms with Gasteiger partial charge in [0.1, 0.15) is 0 Å². The number of rotatable bonds is 7. The maximum atomic E-state index is 13.3.